The Morgan fingerprint density at radius 2 is 1.74 bits per heavy atom. The Labute approximate surface area is 141 Å². The summed E-state index contributed by atoms with van der Waals surface area (Å²) in [6, 6.07) is 8.38. The maximum Gasteiger partial charge on any atom is 0.251 e. The van der Waals surface area contributed by atoms with Crippen molar-refractivity contribution in [1.29, 1.82) is 0 Å². The Morgan fingerprint density at radius 3 is 2.30 bits per heavy atom. The Bertz CT molecular complexity index is 513. The van der Waals surface area contributed by atoms with Gasteiger partial charge in [0.15, 0.2) is 0 Å². The summed E-state index contributed by atoms with van der Waals surface area (Å²) in [4.78, 5) is 14.8. The van der Waals surface area contributed by atoms with Crippen LogP contribution in [0, 0.1) is 5.92 Å². The first-order valence-electron chi connectivity index (χ1n) is 8.83. The van der Waals surface area contributed by atoms with Crippen LogP contribution in [0.4, 0.5) is 0 Å². The zero-order valence-electron chi connectivity index (χ0n) is 15.4. The van der Waals surface area contributed by atoms with Gasteiger partial charge in [0, 0.05) is 18.2 Å². The Hall–Kier alpha value is -1.35. The molecular weight excluding hydrogens is 284 g/mol. The molecule has 2 unspecified atom stereocenters. The van der Waals surface area contributed by atoms with Crippen LogP contribution in [0.25, 0.3) is 0 Å². The number of nitrogens with one attached hydrogen (secondary N) is 1. The number of benzene rings is 1. The van der Waals surface area contributed by atoms with Crippen molar-refractivity contribution in [1.82, 2.24) is 10.2 Å². The molecule has 3 heteroatoms. The second-order valence-corrected chi connectivity index (χ2v) is 8.21. The summed E-state index contributed by atoms with van der Waals surface area (Å²) >= 11 is 0. The van der Waals surface area contributed by atoms with Gasteiger partial charge in [-0.05, 0) is 56.0 Å². The van der Waals surface area contributed by atoms with Crippen LogP contribution in [-0.2, 0) is 5.41 Å². The molecule has 3 nitrogen and oxygen atoms in total. The first-order valence-corrected chi connectivity index (χ1v) is 8.83. The number of hydrogen-bond acceptors (Lipinski definition) is 2. The number of hydrogen-bond donors (Lipinski definition) is 1. The maximum atomic E-state index is 12.6. The summed E-state index contributed by atoms with van der Waals surface area (Å²) < 4.78 is 0. The van der Waals surface area contributed by atoms with Gasteiger partial charge in [-0.15, -0.1) is 0 Å². The summed E-state index contributed by atoms with van der Waals surface area (Å²) in [5.41, 5.74) is 2.15. The summed E-state index contributed by atoms with van der Waals surface area (Å²) in [6.45, 7) is 7.62. The minimum atomic E-state index is 0.0705. The number of nitrogens with zero attached hydrogens (tertiary/aromatic N) is 1. The maximum absolute atomic E-state index is 12.6. The van der Waals surface area contributed by atoms with Gasteiger partial charge in [-0.25, -0.2) is 0 Å². The van der Waals surface area contributed by atoms with Crippen LogP contribution in [-0.4, -0.2) is 37.5 Å². The van der Waals surface area contributed by atoms with E-state index in [1.165, 1.54) is 24.8 Å². The predicted molar refractivity (Wildman–Crippen MR) is 96.9 cm³/mol. The summed E-state index contributed by atoms with van der Waals surface area (Å²) in [5, 5.41) is 3.28. The molecule has 1 amide bonds. The van der Waals surface area contributed by atoms with Gasteiger partial charge in [0.2, 0.25) is 0 Å². The molecule has 2 rings (SSSR count). The third-order valence-electron chi connectivity index (χ3n) is 4.84. The molecule has 2 atom stereocenters. The van der Waals surface area contributed by atoms with Crippen LogP contribution >= 0.6 is 0 Å². The van der Waals surface area contributed by atoms with Crippen molar-refractivity contribution in [3.63, 3.8) is 0 Å². The fourth-order valence-corrected chi connectivity index (χ4v) is 3.46. The first-order chi connectivity index (χ1) is 10.8. The lowest BCUT2D eigenvalue weighted by molar-refractivity contribution is 0.0895. The molecular formula is C20H32N2O. The number of amides is 1. The number of rotatable bonds is 4. The van der Waals surface area contributed by atoms with Crippen molar-refractivity contribution in [2.75, 3.05) is 20.6 Å². The van der Waals surface area contributed by atoms with Crippen LogP contribution in [0.3, 0.4) is 0 Å². The molecule has 0 spiro atoms. The van der Waals surface area contributed by atoms with Gasteiger partial charge in [-0.3, -0.25) is 4.79 Å². The molecule has 1 saturated carbocycles. The van der Waals surface area contributed by atoms with E-state index in [0.29, 0.717) is 12.0 Å². The van der Waals surface area contributed by atoms with E-state index in [1.54, 1.807) is 0 Å². The second kappa shape index (κ2) is 7.48. The highest BCUT2D eigenvalue weighted by Gasteiger charge is 2.27. The van der Waals surface area contributed by atoms with Gasteiger partial charge >= 0.3 is 0 Å². The van der Waals surface area contributed by atoms with Crippen molar-refractivity contribution < 1.29 is 4.79 Å². The molecule has 0 saturated heterocycles. The molecule has 0 heterocycles. The lowest BCUT2D eigenvalue weighted by Gasteiger charge is -2.34. The van der Waals surface area contributed by atoms with E-state index in [9.17, 15) is 4.79 Å². The quantitative estimate of drug-likeness (QED) is 0.915. The van der Waals surface area contributed by atoms with Gasteiger partial charge in [0.05, 0.1) is 0 Å². The highest BCUT2D eigenvalue weighted by Crippen LogP contribution is 2.26. The van der Waals surface area contributed by atoms with Crippen molar-refractivity contribution >= 4 is 5.91 Å². The van der Waals surface area contributed by atoms with Crippen molar-refractivity contribution in [3.8, 4) is 0 Å². The van der Waals surface area contributed by atoms with Crippen molar-refractivity contribution in [2.45, 2.75) is 57.9 Å². The topological polar surface area (TPSA) is 32.3 Å². The molecule has 1 aromatic rings. The van der Waals surface area contributed by atoms with Crippen LogP contribution in [0.2, 0.25) is 0 Å². The van der Waals surface area contributed by atoms with E-state index in [1.807, 2.05) is 12.1 Å². The zero-order chi connectivity index (χ0) is 17.0. The molecule has 0 radical (unpaired) electrons. The monoisotopic (exact) mass is 316 g/mol. The highest BCUT2D eigenvalue weighted by molar-refractivity contribution is 5.94. The molecule has 1 fully saturated rings. The largest absolute Gasteiger partial charge is 0.349 e. The molecule has 1 aliphatic carbocycles. The smallest absolute Gasteiger partial charge is 0.251 e. The van der Waals surface area contributed by atoms with E-state index >= 15 is 0 Å². The molecule has 128 valence electrons. The molecule has 0 bridgehead atoms. The Balaban J connectivity index is 2.02. The zero-order valence-corrected chi connectivity index (χ0v) is 15.4. The lowest BCUT2D eigenvalue weighted by atomic mass is 9.84. The molecule has 23 heavy (non-hydrogen) atoms. The summed E-state index contributed by atoms with van der Waals surface area (Å²) in [7, 11) is 4.22. The number of carbonyl (C=O) groups is 1. The number of carbonyl (C=O) groups excluding carboxylic acids is 1. The van der Waals surface area contributed by atoms with E-state index in [2.05, 4.69) is 57.2 Å². The van der Waals surface area contributed by atoms with Crippen LogP contribution < -0.4 is 5.32 Å². The summed E-state index contributed by atoms with van der Waals surface area (Å²) in [5.74, 6) is 0.637. The summed E-state index contributed by atoms with van der Waals surface area (Å²) in [6.07, 6.45) is 4.82. The Morgan fingerprint density at radius 1 is 1.13 bits per heavy atom. The van der Waals surface area contributed by atoms with Crippen LogP contribution in [0.15, 0.2) is 24.3 Å². The predicted octanol–water partition coefficient (Wildman–Crippen LogP) is 3.83. The molecule has 0 aliphatic heterocycles. The Kier molecular flexibility index (Phi) is 5.85. The first kappa shape index (κ1) is 18.0. The molecule has 1 aliphatic rings. The van der Waals surface area contributed by atoms with Gasteiger partial charge < -0.3 is 10.2 Å². The minimum absolute atomic E-state index is 0.0705. The van der Waals surface area contributed by atoms with Gasteiger partial charge in [0.25, 0.3) is 5.91 Å². The van der Waals surface area contributed by atoms with E-state index in [-0.39, 0.29) is 11.3 Å². The standard InChI is InChI=1S/C20H32N2O/c1-20(2,3)17-12-10-15(11-13-17)19(23)21-18-9-7-6-8-16(18)14-22(4)5/h10-13,16,18H,6-9,14H2,1-5H3,(H,21,23). The SMILES string of the molecule is CN(C)CC1CCCCC1NC(=O)c1ccc(C(C)(C)C)cc1. The van der Waals surface area contributed by atoms with Gasteiger partial charge in [0.1, 0.15) is 0 Å². The van der Waals surface area contributed by atoms with Crippen molar-refractivity contribution in [2.24, 2.45) is 5.92 Å². The third-order valence-corrected chi connectivity index (χ3v) is 4.84. The van der Waals surface area contributed by atoms with Crippen LogP contribution in [0.1, 0.15) is 62.4 Å². The molecule has 1 aromatic carbocycles. The fraction of sp³-hybridized carbons (Fsp3) is 0.650. The van der Waals surface area contributed by atoms with Gasteiger partial charge in [-0.1, -0.05) is 45.7 Å². The average Bonchev–Trinajstić information content (AvgIpc) is 2.48. The van der Waals surface area contributed by atoms with Crippen molar-refractivity contribution in [3.05, 3.63) is 35.4 Å². The third kappa shape index (κ3) is 5.07. The normalized spacial score (nSPS) is 22.2. The lowest BCUT2D eigenvalue weighted by Crippen LogP contribution is -2.45. The minimum Gasteiger partial charge on any atom is -0.349 e. The average molecular weight is 316 g/mol. The van der Waals surface area contributed by atoms with E-state index in [0.717, 1.165) is 18.5 Å². The molecule has 0 aromatic heterocycles. The van der Waals surface area contributed by atoms with Gasteiger partial charge in [-0.2, -0.15) is 0 Å². The molecule has 1 N–H and O–H groups in total. The fourth-order valence-electron chi connectivity index (χ4n) is 3.46. The second-order valence-electron chi connectivity index (χ2n) is 8.21. The van der Waals surface area contributed by atoms with E-state index < -0.39 is 0 Å². The van der Waals surface area contributed by atoms with E-state index in [4.69, 9.17) is 0 Å². The van der Waals surface area contributed by atoms with Crippen LogP contribution in [0.5, 0.6) is 0 Å². The highest BCUT2D eigenvalue weighted by atomic mass is 16.1.